The quantitative estimate of drug-likeness (QED) is 0.109. The number of hydrogen-bond donors (Lipinski definition) is 2. The molecule has 0 bridgehead atoms. The maximum Gasteiger partial charge on any atom is 0.519 e. The molecule has 4 aliphatic rings. The van der Waals surface area contributed by atoms with Gasteiger partial charge >= 0.3 is 24.5 Å². The van der Waals surface area contributed by atoms with Gasteiger partial charge in [0.1, 0.15) is 22.4 Å². The summed E-state index contributed by atoms with van der Waals surface area (Å²) in [4.78, 5) is 49.6. The number of hydrogen-bond acceptors (Lipinski definition) is 11. The van der Waals surface area contributed by atoms with Crippen molar-refractivity contribution in [1.29, 1.82) is 0 Å². The van der Waals surface area contributed by atoms with Gasteiger partial charge in [0, 0.05) is 38.2 Å². The highest BCUT2D eigenvalue weighted by atomic mass is 127. The van der Waals surface area contributed by atoms with Crippen molar-refractivity contribution in [3.8, 4) is 0 Å². The second-order valence-corrected chi connectivity index (χ2v) is 25.1. The van der Waals surface area contributed by atoms with Gasteiger partial charge in [-0.3, -0.25) is 0 Å². The first-order valence-electron chi connectivity index (χ1n) is 25.3. The molecule has 0 radical (unpaired) electrons. The molecular formula is C56H83Br2IN4O9. The van der Waals surface area contributed by atoms with Gasteiger partial charge in [-0.05, 0) is 209 Å². The van der Waals surface area contributed by atoms with Crippen molar-refractivity contribution < 1.29 is 42.9 Å². The summed E-state index contributed by atoms with van der Waals surface area (Å²) in [5.41, 5.74) is 5.76. The van der Waals surface area contributed by atoms with Gasteiger partial charge in [-0.1, -0.05) is 94.4 Å². The van der Waals surface area contributed by atoms with Gasteiger partial charge in [0.05, 0.1) is 13.1 Å². The van der Waals surface area contributed by atoms with Crippen LogP contribution in [0.25, 0.3) is 0 Å². The molecule has 16 heteroatoms. The highest BCUT2D eigenvalue weighted by molar-refractivity contribution is 14.1. The summed E-state index contributed by atoms with van der Waals surface area (Å²) in [6.07, 6.45) is 7.47. The maximum atomic E-state index is 12.0. The van der Waals surface area contributed by atoms with Crippen LogP contribution in [0.1, 0.15) is 155 Å². The number of ether oxygens (including phenoxy) is 5. The van der Waals surface area contributed by atoms with Gasteiger partial charge in [0.2, 0.25) is 0 Å². The molecule has 13 nitrogen and oxygen atoms in total. The number of rotatable bonds is 2. The van der Waals surface area contributed by atoms with E-state index in [-0.39, 0.29) is 12.2 Å². The smallest absolute Gasteiger partial charge is 0.444 e. The number of nitrogens with zero attached hydrogens (tertiary/aromatic N) is 2. The Morgan fingerprint density at radius 1 is 0.625 bits per heavy atom. The lowest BCUT2D eigenvalue weighted by Crippen LogP contribution is -2.40. The molecule has 3 heterocycles. The van der Waals surface area contributed by atoms with E-state index in [4.69, 9.17) is 18.9 Å². The third-order valence-electron chi connectivity index (χ3n) is 11.6. The lowest BCUT2D eigenvalue weighted by Gasteiger charge is -2.31. The first-order chi connectivity index (χ1) is 33.5. The average Bonchev–Trinajstić information content (AvgIpc) is 3.27. The molecule has 1 fully saturated rings. The van der Waals surface area contributed by atoms with E-state index in [2.05, 4.69) is 126 Å². The Kier molecular flexibility index (Phi) is 25.3. The molecule has 0 aromatic heterocycles. The molecule has 3 aromatic rings. The third-order valence-corrected chi connectivity index (χ3v) is 14.1. The van der Waals surface area contributed by atoms with Crippen LogP contribution < -0.4 is 10.6 Å². The zero-order valence-electron chi connectivity index (χ0n) is 45.5. The van der Waals surface area contributed by atoms with E-state index in [1.807, 2.05) is 53.7 Å². The number of fused-ring (bicyclic) bond motifs is 3. The van der Waals surface area contributed by atoms with Crippen molar-refractivity contribution in [2.45, 2.75) is 189 Å². The first-order valence-corrected chi connectivity index (χ1v) is 27.9. The number of halogens is 3. The molecule has 0 spiro atoms. The van der Waals surface area contributed by atoms with Crippen LogP contribution in [-0.4, -0.2) is 89.4 Å². The van der Waals surface area contributed by atoms with E-state index >= 15 is 0 Å². The number of benzene rings is 3. The van der Waals surface area contributed by atoms with Gasteiger partial charge in [0.15, 0.2) is 0 Å². The Balaban J connectivity index is 0.000000242. The Hall–Kier alpha value is -3.45. The van der Waals surface area contributed by atoms with Crippen LogP contribution in [0.3, 0.4) is 0 Å². The van der Waals surface area contributed by atoms with E-state index < -0.39 is 34.7 Å². The summed E-state index contributed by atoms with van der Waals surface area (Å²) in [7, 11) is 2.10. The fourth-order valence-corrected chi connectivity index (χ4v) is 10.0. The van der Waals surface area contributed by atoms with Crippen LogP contribution in [0.5, 0.6) is 0 Å². The van der Waals surface area contributed by atoms with Crippen LogP contribution in [-0.2, 0) is 62.6 Å². The third kappa shape index (κ3) is 23.4. The minimum absolute atomic E-state index is 0.215. The zero-order chi connectivity index (χ0) is 54.0. The van der Waals surface area contributed by atoms with Crippen LogP contribution in [0.2, 0.25) is 0 Å². The van der Waals surface area contributed by atoms with Crippen LogP contribution in [0.15, 0.2) is 63.5 Å². The monoisotopic (exact) mass is 1240 g/mol. The van der Waals surface area contributed by atoms with Crippen molar-refractivity contribution >= 4 is 78.9 Å². The maximum absolute atomic E-state index is 12.0. The normalized spacial score (nSPS) is 17.3. The standard InChI is InChI=1S/C14H18BrNO2.C14H18INO2.C10H18O5.C9H10BrN.C9H19N/c2*1-14(2,3)18-13(17)16-8-7-10-5-4-6-12(15)11(10)9-16;1-9(2,3)14-7(11)13-8(12)15-10(4,5)6;10-9-3-1-2-7-4-5-11-6-8(7)9;1-3-8-6-4-5-7-9(8)10-2/h2*4-6H,7-9H2,1-3H3;1-6H3;1-3,11H,4-6H2;8-10H,3-7H2,1-2H3/t;;;;8-,9-/m....1/s1. The van der Waals surface area contributed by atoms with E-state index in [0.29, 0.717) is 13.1 Å². The molecule has 1 saturated carbocycles. The molecule has 3 aromatic carbocycles. The first kappa shape index (κ1) is 62.8. The zero-order valence-corrected chi connectivity index (χ0v) is 50.8. The highest BCUT2D eigenvalue weighted by Gasteiger charge is 2.29. The van der Waals surface area contributed by atoms with E-state index in [1.165, 1.54) is 73.5 Å². The number of carbonyl (C=O) groups is 4. The molecule has 72 heavy (non-hydrogen) atoms. The molecule has 7 rings (SSSR count). The summed E-state index contributed by atoms with van der Waals surface area (Å²) in [5.74, 6) is 0.957. The molecule has 2 atom stereocenters. The highest BCUT2D eigenvalue weighted by Crippen LogP contribution is 2.29. The summed E-state index contributed by atoms with van der Waals surface area (Å²) in [6.45, 7) is 28.5. The summed E-state index contributed by atoms with van der Waals surface area (Å²) in [5, 5.41) is 6.76. The molecule has 2 amide bonds. The Bertz CT molecular complexity index is 2110. The molecule has 1 aliphatic carbocycles. The largest absolute Gasteiger partial charge is 0.519 e. The van der Waals surface area contributed by atoms with E-state index in [9.17, 15) is 19.2 Å². The van der Waals surface area contributed by atoms with Crippen LogP contribution in [0, 0.1) is 9.49 Å². The molecule has 3 aliphatic heterocycles. The van der Waals surface area contributed by atoms with Gasteiger partial charge in [0.25, 0.3) is 0 Å². The van der Waals surface area contributed by atoms with Gasteiger partial charge in [-0.15, -0.1) is 0 Å². The summed E-state index contributed by atoms with van der Waals surface area (Å²) < 4.78 is 28.1. The second-order valence-electron chi connectivity index (χ2n) is 22.2. The van der Waals surface area contributed by atoms with Crippen LogP contribution >= 0.6 is 54.5 Å². The Morgan fingerprint density at radius 3 is 1.50 bits per heavy atom. The van der Waals surface area contributed by atoms with Gasteiger partial charge in [-0.25, -0.2) is 19.2 Å². The Morgan fingerprint density at radius 2 is 1.06 bits per heavy atom. The van der Waals surface area contributed by atoms with E-state index in [0.717, 1.165) is 61.9 Å². The summed E-state index contributed by atoms with van der Waals surface area (Å²) in [6, 6.07) is 19.7. The molecule has 0 saturated heterocycles. The summed E-state index contributed by atoms with van der Waals surface area (Å²) >= 11 is 9.41. The minimum atomic E-state index is -1.06. The average molecular weight is 1240 g/mol. The lowest BCUT2D eigenvalue weighted by atomic mass is 9.83. The lowest BCUT2D eigenvalue weighted by molar-refractivity contribution is -0.0294. The SMILES string of the molecule is Brc1cccc2c1CNCC2.CC(C)(C)OC(=O)N1CCc2cccc(Br)c2C1.CC(C)(C)OC(=O)N1CCc2cccc(I)c2C1.CC(C)(C)OC(=O)OC(=O)OC(C)(C)C.CC[C@@H]1CCCC[C@H]1NC. The topological polar surface area (TPSA) is 145 Å². The number of carbonyl (C=O) groups excluding carboxylic acids is 4. The number of nitrogens with one attached hydrogen (secondary N) is 2. The minimum Gasteiger partial charge on any atom is -0.444 e. The predicted molar refractivity (Wildman–Crippen MR) is 302 cm³/mol. The second kappa shape index (κ2) is 29.0. The molecular weight excluding hydrogens is 1160 g/mol. The van der Waals surface area contributed by atoms with Crippen molar-refractivity contribution in [3.05, 3.63) is 100 Å². The van der Waals surface area contributed by atoms with Gasteiger partial charge < -0.3 is 44.1 Å². The fraction of sp³-hybridized carbons (Fsp3) is 0.607. The Labute approximate surface area is 461 Å². The molecule has 0 unspecified atom stereocenters. The molecule has 402 valence electrons. The fourth-order valence-electron chi connectivity index (χ4n) is 8.20. The van der Waals surface area contributed by atoms with Crippen molar-refractivity contribution in [3.63, 3.8) is 0 Å². The van der Waals surface area contributed by atoms with Crippen LogP contribution in [0.4, 0.5) is 19.2 Å². The number of amides is 2. The van der Waals surface area contributed by atoms with Gasteiger partial charge in [-0.2, -0.15) is 0 Å². The molecule has 2 N–H and O–H groups in total. The predicted octanol–water partition coefficient (Wildman–Crippen LogP) is 14.5. The van der Waals surface area contributed by atoms with Crippen molar-refractivity contribution in [2.75, 3.05) is 26.7 Å². The van der Waals surface area contributed by atoms with Crippen molar-refractivity contribution in [1.82, 2.24) is 20.4 Å². The van der Waals surface area contributed by atoms with Crippen molar-refractivity contribution in [2.24, 2.45) is 5.92 Å². The van der Waals surface area contributed by atoms with E-state index in [1.54, 1.807) is 51.3 Å².